The van der Waals surface area contributed by atoms with Crippen molar-refractivity contribution in [3.63, 3.8) is 0 Å². The minimum absolute atomic E-state index is 0.144. The SMILES string of the molecule is CCN(CC(=O)N1CCN(Cc2ccc3c(c2)OCO3)CC1)S(=O)(=O)c1ccc(C)cc1. The maximum atomic E-state index is 13.0. The van der Waals surface area contributed by atoms with Gasteiger partial charge >= 0.3 is 0 Å². The van der Waals surface area contributed by atoms with Gasteiger partial charge in [0.25, 0.3) is 0 Å². The van der Waals surface area contributed by atoms with Crippen LogP contribution in [0.25, 0.3) is 0 Å². The lowest BCUT2D eigenvalue weighted by molar-refractivity contribution is -0.133. The number of sulfonamides is 1. The van der Waals surface area contributed by atoms with Gasteiger partial charge in [0, 0.05) is 39.3 Å². The maximum Gasteiger partial charge on any atom is 0.243 e. The molecular weight excluding hydrogens is 430 g/mol. The van der Waals surface area contributed by atoms with Crippen molar-refractivity contribution in [2.75, 3.05) is 46.1 Å². The summed E-state index contributed by atoms with van der Waals surface area (Å²) in [7, 11) is -3.70. The third kappa shape index (κ3) is 4.90. The topological polar surface area (TPSA) is 79.4 Å². The minimum Gasteiger partial charge on any atom is -0.454 e. The Bertz CT molecular complexity index is 1060. The molecule has 0 saturated carbocycles. The molecule has 1 saturated heterocycles. The second kappa shape index (κ2) is 9.48. The van der Waals surface area contributed by atoms with Crippen molar-refractivity contribution in [1.82, 2.24) is 14.1 Å². The first-order chi connectivity index (χ1) is 15.4. The molecule has 0 unspecified atom stereocenters. The second-order valence-electron chi connectivity index (χ2n) is 8.09. The zero-order chi connectivity index (χ0) is 22.7. The van der Waals surface area contributed by atoms with Gasteiger partial charge in [0.05, 0.1) is 11.4 Å². The molecule has 1 amide bonds. The van der Waals surface area contributed by atoms with Crippen molar-refractivity contribution < 1.29 is 22.7 Å². The average Bonchev–Trinajstić information content (AvgIpc) is 3.26. The fraction of sp³-hybridized carbons (Fsp3) is 0.435. The molecule has 0 spiro atoms. The lowest BCUT2D eigenvalue weighted by Gasteiger charge is -2.35. The molecule has 2 aromatic carbocycles. The molecule has 8 nitrogen and oxygen atoms in total. The zero-order valence-corrected chi connectivity index (χ0v) is 19.3. The van der Waals surface area contributed by atoms with Crippen LogP contribution in [0.2, 0.25) is 0 Å². The molecule has 2 aromatic rings. The Kier molecular flexibility index (Phi) is 6.68. The fourth-order valence-corrected chi connectivity index (χ4v) is 5.33. The number of carbonyl (C=O) groups excluding carboxylic acids is 1. The van der Waals surface area contributed by atoms with Gasteiger partial charge in [-0.05, 0) is 36.8 Å². The van der Waals surface area contributed by atoms with Crippen molar-refractivity contribution in [2.45, 2.75) is 25.3 Å². The van der Waals surface area contributed by atoms with Gasteiger partial charge in [0.2, 0.25) is 22.7 Å². The number of carbonyl (C=O) groups is 1. The first-order valence-electron chi connectivity index (χ1n) is 10.8. The summed E-state index contributed by atoms with van der Waals surface area (Å²) in [6.45, 7) is 7.40. The van der Waals surface area contributed by atoms with Crippen molar-refractivity contribution in [3.05, 3.63) is 53.6 Å². The largest absolute Gasteiger partial charge is 0.454 e. The molecule has 9 heteroatoms. The number of likely N-dealkylation sites (N-methyl/N-ethyl adjacent to an activating group) is 1. The minimum atomic E-state index is -3.70. The number of amides is 1. The second-order valence-corrected chi connectivity index (χ2v) is 10.0. The Morgan fingerprint density at radius 2 is 1.69 bits per heavy atom. The zero-order valence-electron chi connectivity index (χ0n) is 18.5. The van der Waals surface area contributed by atoms with Gasteiger partial charge in [0.1, 0.15) is 0 Å². The van der Waals surface area contributed by atoms with Crippen LogP contribution in [0.3, 0.4) is 0 Å². The van der Waals surface area contributed by atoms with Crippen LogP contribution < -0.4 is 9.47 Å². The van der Waals surface area contributed by atoms with Crippen LogP contribution in [0.5, 0.6) is 11.5 Å². The fourth-order valence-electron chi connectivity index (χ4n) is 3.93. The standard InChI is InChI=1S/C23H29N3O5S/c1-3-26(32(28,29)20-7-4-18(2)5-8-20)16-23(27)25-12-10-24(11-13-25)15-19-6-9-21-22(14-19)31-17-30-21/h4-9,14H,3,10-13,15-17H2,1-2H3. The number of hydrogen-bond donors (Lipinski definition) is 0. The lowest BCUT2D eigenvalue weighted by Crippen LogP contribution is -2.51. The number of ether oxygens (including phenoxy) is 2. The molecule has 0 bridgehead atoms. The van der Waals surface area contributed by atoms with E-state index in [0.717, 1.165) is 42.3 Å². The van der Waals surface area contributed by atoms with E-state index in [2.05, 4.69) is 4.90 Å². The van der Waals surface area contributed by atoms with Crippen molar-refractivity contribution >= 4 is 15.9 Å². The van der Waals surface area contributed by atoms with Crippen LogP contribution >= 0.6 is 0 Å². The number of rotatable bonds is 7. The van der Waals surface area contributed by atoms with Gasteiger partial charge in [-0.2, -0.15) is 4.31 Å². The lowest BCUT2D eigenvalue weighted by atomic mass is 10.1. The molecule has 1 fully saturated rings. The van der Waals surface area contributed by atoms with Gasteiger partial charge in [-0.25, -0.2) is 8.42 Å². The summed E-state index contributed by atoms with van der Waals surface area (Å²) in [4.78, 5) is 17.1. The van der Waals surface area contributed by atoms with E-state index in [0.29, 0.717) is 13.1 Å². The molecule has 0 aromatic heterocycles. The highest BCUT2D eigenvalue weighted by Crippen LogP contribution is 2.32. The molecule has 2 aliphatic heterocycles. The van der Waals surface area contributed by atoms with Crippen LogP contribution in [0, 0.1) is 6.92 Å². The molecule has 32 heavy (non-hydrogen) atoms. The van der Waals surface area contributed by atoms with E-state index in [1.165, 1.54) is 4.31 Å². The van der Waals surface area contributed by atoms with Gasteiger partial charge < -0.3 is 14.4 Å². The molecule has 2 heterocycles. The van der Waals surface area contributed by atoms with Crippen molar-refractivity contribution in [2.24, 2.45) is 0 Å². The molecule has 0 N–H and O–H groups in total. The van der Waals surface area contributed by atoms with Gasteiger partial charge in [-0.1, -0.05) is 30.7 Å². The quantitative estimate of drug-likeness (QED) is 0.631. The third-order valence-corrected chi connectivity index (χ3v) is 7.83. The molecule has 0 radical (unpaired) electrons. The average molecular weight is 460 g/mol. The smallest absolute Gasteiger partial charge is 0.243 e. The Balaban J connectivity index is 1.32. The predicted octanol–water partition coefficient (Wildman–Crippen LogP) is 2.08. The summed E-state index contributed by atoms with van der Waals surface area (Å²) in [6.07, 6.45) is 0. The summed E-state index contributed by atoms with van der Waals surface area (Å²) >= 11 is 0. The van der Waals surface area contributed by atoms with Crippen molar-refractivity contribution in [3.8, 4) is 11.5 Å². The first kappa shape index (κ1) is 22.6. The number of fused-ring (bicyclic) bond motifs is 1. The summed E-state index contributed by atoms with van der Waals surface area (Å²) in [6, 6.07) is 12.7. The summed E-state index contributed by atoms with van der Waals surface area (Å²) < 4.78 is 38.0. The Hall–Kier alpha value is -2.62. The van der Waals surface area contributed by atoms with Crippen LogP contribution in [-0.2, 0) is 21.4 Å². The van der Waals surface area contributed by atoms with Gasteiger partial charge in [-0.15, -0.1) is 0 Å². The normalized spacial score (nSPS) is 16.5. The van der Waals surface area contributed by atoms with E-state index in [9.17, 15) is 13.2 Å². The van der Waals surface area contributed by atoms with E-state index >= 15 is 0 Å². The summed E-state index contributed by atoms with van der Waals surface area (Å²) in [5.41, 5.74) is 2.12. The molecule has 0 aliphatic carbocycles. The van der Waals surface area contributed by atoms with Crippen LogP contribution in [0.4, 0.5) is 0 Å². The number of piperazine rings is 1. The van der Waals surface area contributed by atoms with E-state index in [1.54, 1.807) is 36.1 Å². The number of aryl methyl sites for hydroxylation is 1. The van der Waals surface area contributed by atoms with E-state index in [1.807, 2.05) is 25.1 Å². The third-order valence-electron chi connectivity index (χ3n) is 5.89. The van der Waals surface area contributed by atoms with E-state index < -0.39 is 10.0 Å². The maximum absolute atomic E-state index is 13.0. The number of nitrogens with zero attached hydrogens (tertiary/aromatic N) is 3. The highest BCUT2D eigenvalue weighted by Gasteiger charge is 2.29. The molecule has 4 rings (SSSR count). The monoisotopic (exact) mass is 459 g/mol. The molecule has 172 valence electrons. The van der Waals surface area contributed by atoms with Gasteiger partial charge in [-0.3, -0.25) is 9.69 Å². The highest BCUT2D eigenvalue weighted by atomic mass is 32.2. The predicted molar refractivity (Wildman–Crippen MR) is 120 cm³/mol. The van der Waals surface area contributed by atoms with Crippen LogP contribution in [0.1, 0.15) is 18.1 Å². The van der Waals surface area contributed by atoms with Crippen molar-refractivity contribution in [1.29, 1.82) is 0 Å². The van der Waals surface area contributed by atoms with Gasteiger partial charge in [0.15, 0.2) is 11.5 Å². The molecular formula is C23H29N3O5S. The highest BCUT2D eigenvalue weighted by molar-refractivity contribution is 7.89. The number of benzene rings is 2. The Morgan fingerprint density at radius 3 is 2.38 bits per heavy atom. The summed E-state index contributed by atoms with van der Waals surface area (Å²) in [5.74, 6) is 1.38. The molecule has 2 aliphatic rings. The Labute approximate surface area is 189 Å². The van der Waals surface area contributed by atoms with Crippen LogP contribution in [-0.4, -0.2) is 74.5 Å². The Morgan fingerprint density at radius 1 is 1.00 bits per heavy atom. The van der Waals surface area contributed by atoms with E-state index in [4.69, 9.17) is 9.47 Å². The number of hydrogen-bond acceptors (Lipinski definition) is 6. The van der Waals surface area contributed by atoms with E-state index in [-0.39, 0.29) is 30.7 Å². The van der Waals surface area contributed by atoms with Crippen LogP contribution in [0.15, 0.2) is 47.4 Å². The molecule has 0 atom stereocenters. The first-order valence-corrected chi connectivity index (χ1v) is 12.3. The summed E-state index contributed by atoms with van der Waals surface area (Å²) in [5, 5.41) is 0.